The second-order valence-electron chi connectivity index (χ2n) is 5.70. The van der Waals surface area contributed by atoms with Crippen LogP contribution in [-0.4, -0.2) is 37.1 Å². The summed E-state index contributed by atoms with van der Waals surface area (Å²) in [6.45, 7) is 13.9. The Hall–Kier alpha value is -0.0800. The monoisotopic (exact) mass is 226 g/mol. The Kier molecular flexibility index (Phi) is 5.77. The third-order valence-corrected chi connectivity index (χ3v) is 4.00. The van der Waals surface area contributed by atoms with E-state index < -0.39 is 0 Å². The summed E-state index contributed by atoms with van der Waals surface area (Å²) in [4.78, 5) is 2.59. The quantitative estimate of drug-likeness (QED) is 0.718. The normalized spacial score (nSPS) is 19.9. The van der Waals surface area contributed by atoms with Gasteiger partial charge < -0.3 is 10.2 Å². The van der Waals surface area contributed by atoms with Crippen LogP contribution in [0.4, 0.5) is 0 Å². The number of hydrogen-bond donors (Lipinski definition) is 1. The highest BCUT2D eigenvalue weighted by molar-refractivity contribution is 4.89. The molecule has 2 nitrogen and oxygen atoms in total. The van der Waals surface area contributed by atoms with Crippen molar-refractivity contribution in [2.24, 2.45) is 5.41 Å². The van der Waals surface area contributed by atoms with Gasteiger partial charge in [-0.15, -0.1) is 0 Å². The van der Waals surface area contributed by atoms with Crippen LogP contribution in [0.25, 0.3) is 0 Å². The standard InChI is InChI=1S/C14H30N2/c1-5-16(6-2)12-14(9-7-8-10-14)11-15-13(3)4/h13,15H,5-12H2,1-4H3. The van der Waals surface area contributed by atoms with Crippen LogP contribution in [0.15, 0.2) is 0 Å². The summed E-state index contributed by atoms with van der Waals surface area (Å²) in [5, 5.41) is 3.66. The minimum Gasteiger partial charge on any atom is -0.314 e. The number of hydrogen-bond acceptors (Lipinski definition) is 2. The van der Waals surface area contributed by atoms with Crippen molar-refractivity contribution < 1.29 is 0 Å². The van der Waals surface area contributed by atoms with Gasteiger partial charge in [-0.05, 0) is 31.3 Å². The highest BCUT2D eigenvalue weighted by atomic mass is 15.1. The van der Waals surface area contributed by atoms with Crippen molar-refractivity contribution in [1.29, 1.82) is 0 Å². The Morgan fingerprint density at radius 1 is 1.12 bits per heavy atom. The van der Waals surface area contributed by atoms with Gasteiger partial charge in [0, 0.05) is 19.1 Å². The van der Waals surface area contributed by atoms with Crippen LogP contribution in [0.5, 0.6) is 0 Å². The molecule has 96 valence electrons. The Labute approximate surface area is 102 Å². The van der Waals surface area contributed by atoms with E-state index in [0.29, 0.717) is 11.5 Å². The van der Waals surface area contributed by atoms with E-state index in [2.05, 4.69) is 37.9 Å². The zero-order valence-corrected chi connectivity index (χ0v) is 11.7. The van der Waals surface area contributed by atoms with E-state index in [1.165, 1.54) is 51.9 Å². The van der Waals surface area contributed by atoms with Crippen LogP contribution < -0.4 is 5.32 Å². The molecule has 1 rings (SSSR count). The Morgan fingerprint density at radius 3 is 2.12 bits per heavy atom. The molecule has 1 saturated carbocycles. The second kappa shape index (κ2) is 6.61. The summed E-state index contributed by atoms with van der Waals surface area (Å²) in [6, 6.07) is 0.620. The molecule has 0 heterocycles. The smallest absolute Gasteiger partial charge is 0.00499 e. The third-order valence-electron chi connectivity index (χ3n) is 4.00. The second-order valence-corrected chi connectivity index (χ2v) is 5.70. The van der Waals surface area contributed by atoms with E-state index in [4.69, 9.17) is 0 Å². The molecule has 0 aromatic heterocycles. The SMILES string of the molecule is CCN(CC)CC1(CNC(C)C)CCCC1. The first-order valence-electron chi connectivity index (χ1n) is 7.07. The minimum atomic E-state index is 0.566. The van der Waals surface area contributed by atoms with Crippen LogP contribution in [0, 0.1) is 5.41 Å². The van der Waals surface area contributed by atoms with Crippen molar-refractivity contribution >= 4 is 0 Å². The van der Waals surface area contributed by atoms with E-state index in [-0.39, 0.29) is 0 Å². The zero-order valence-electron chi connectivity index (χ0n) is 11.7. The van der Waals surface area contributed by atoms with Crippen molar-refractivity contribution in [3.05, 3.63) is 0 Å². The Balaban J connectivity index is 2.50. The first kappa shape index (κ1) is 14.0. The highest BCUT2D eigenvalue weighted by Crippen LogP contribution is 2.38. The maximum absolute atomic E-state index is 3.66. The van der Waals surface area contributed by atoms with Gasteiger partial charge in [0.05, 0.1) is 0 Å². The van der Waals surface area contributed by atoms with E-state index in [9.17, 15) is 0 Å². The van der Waals surface area contributed by atoms with Gasteiger partial charge in [-0.2, -0.15) is 0 Å². The van der Waals surface area contributed by atoms with Gasteiger partial charge in [0.2, 0.25) is 0 Å². The molecule has 0 bridgehead atoms. The number of nitrogens with zero attached hydrogens (tertiary/aromatic N) is 1. The van der Waals surface area contributed by atoms with Gasteiger partial charge in [0.15, 0.2) is 0 Å². The van der Waals surface area contributed by atoms with Gasteiger partial charge in [0.1, 0.15) is 0 Å². The van der Waals surface area contributed by atoms with E-state index in [1.807, 2.05) is 0 Å². The lowest BCUT2D eigenvalue weighted by atomic mass is 9.85. The van der Waals surface area contributed by atoms with Gasteiger partial charge in [-0.3, -0.25) is 0 Å². The van der Waals surface area contributed by atoms with Crippen LogP contribution in [-0.2, 0) is 0 Å². The van der Waals surface area contributed by atoms with E-state index in [0.717, 1.165) is 0 Å². The fourth-order valence-electron chi connectivity index (χ4n) is 2.86. The molecular formula is C14H30N2. The molecule has 16 heavy (non-hydrogen) atoms. The van der Waals surface area contributed by atoms with Gasteiger partial charge >= 0.3 is 0 Å². The summed E-state index contributed by atoms with van der Waals surface area (Å²) >= 11 is 0. The van der Waals surface area contributed by atoms with Gasteiger partial charge in [0.25, 0.3) is 0 Å². The van der Waals surface area contributed by atoms with Crippen molar-refractivity contribution in [2.75, 3.05) is 26.2 Å². The molecule has 0 spiro atoms. The van der Waals surface area contributed by atoms with E-state index in [1.54, 1.807) is 0 Å². The third kappa shape index (κ3) is 4.06. The van der Waals surface area contributed by atoms with Crippen molar-refractivity contribution in [2.45, 2.75) is 59.4 Å². The molecule has 0 saturated heterocycles. The summed E-state index contributed by atoms with van der Waals surface area (Å²) in [5.41, 5.74) is 0.566. The molecule has 1 aliphatic carbocycles. The topological polar surface area (TPSA) is 15.3 Å². The minimum absolute atomic E-state index is 0.566. The molecule has 0 radical (unpaired) electrons. The largest absolute Gasteiger partial charge is 0.314 e. The van der Waals surface area contributed by atoms with Crippen LogP contribution in [0.2, 0.25) is 0 Å². The summed E-state index contributed by atoms with van der Waals surface area (Å²) in [5.74, 6) is 0. The highest BCUT2D eigenvalue weighted by Gasteiger charge is 2.34. The maximum Gasteiger partial charge on any atom is 0.00499 e. The molecule has 0 atom stereocenters. The lowest BCUT2D eigenvalue weighted by Gasteiger charge is -2.35. The predicted octanol–water partition coefficient (Wildman–Crippen LogP) is 2.89. The molecule has 0 amide bonds. The average molecular weight is 226 g/mol. The summed E-state index contributed by atoms with van der Waals surface area (Å²) in [7, 11) is 0. The maximum atomic E-state index is 3.66. The molecule has 0 aliphatic heterocycles. The van der Waals surface area contributed by atoms with E-state index >= 15 is 0 Å². The van der Waals surface area contributed by atoms with Crippen LogP contribution in [0.3, 0.4) is 0 Å². The fourth-order valence-corrected chi connectivity index (χ4v) is 2.86. The molecule has 0 aromatic carbocycles. The Morgan fingerprint density at radius 2 is 1.69 bits per heavy atom. The first-order valence-corrected chi connectivity index (χ1v) is 7.07. The van der Waals surface area contributed by atoms with Crippen LogP contribution >= 0.6 is 0 Å². The first-order chi connectivity index (χ1) is 7.62. The molecule has 1 aliphatic rings. The molecule has 2 heteroatoms. The molecule has 0 unspecified atom stereocenters. The number of nitrogens with one attached hydrogen (secondary N) is 1. The number of rotatable bonds is 7. The van der Waals surface area contributed by atoms with Crippen molar-refractivity contribution in [3.8, 4) is 0 Å². The fraction of sp³-hybridized carbons (Fsp3) is 1.00. The average Bonchev–Trinajstić information content (AvgIpc) is 2.72. The lowest BCUT2D eigenvalue weighted by Crippen LogP contribution is -2.44. The summed E-state index contributed by atoms with van der Waals surface area (Å²) < 4.78 is 0. The summed E-state index contributed by atoms with van der Waals surface area (Å²) in [6.07, 6.45) is 5.70. The molecule has 1 fully saturated rings. The van der Waals surface area contributed by atoms with Gasteiger partial charge in [-0.25, -0.2) is 0 Å². The lowest BCUT2D eigenvalue weighted by molar-refractivity contribution is 0.156. The predicted molar refractivity (Wildman–Crippen MR) is 71.8 cm³/mol. The Bertz CT molecular complexity index is 179. The molecular weight excluding hydrogens is 196 g/mol. The van der Waals surface area contributed by atoms with Crippen molar-refractivity contribution in [3.63, 3.8) is 0 Å². The molecule has 1 N–H and O–H groups in total. The van der Waals surface area contributed by atoms with Crippen molar-refractivity contribution in [1.82, 2.24) is 10.2 Å². The molecule has 0 aromatic rings. The van der Waals surface area contributed by atoms with Gasteiger partial charge in [-0.1, -0.05) is 40.5 Å². The van der Waals surface area contributed by atoms with Crippen LogP contribution in [0.1, 0.15) is 53.4 Å². The zero-order chi connectivity index (χ0) is 12.0.